The molecule has 2 heterocycles. The molecule has 2 amide bonds. The molecule has 0 radical (unpaired) electrons. The molecule has 0 spiro atoms. The van der Waals surface area contributed by atoms with Gasteiger partial charge in [0.05, 0.1) is 0 Å². The van der Waals surface area contributed by atoms with Crippen molar-refractivity contribution in [3.8, 4) is 34.2 Å². The van der Waals surface area contributed by atoms with E-state index in [0.29, 0.717) is 17.0 Å². The maximum atomic E-state index is 14.7. The van der Waals surface area contributed by atoms with Crippen molar-refractivity contribution in [1.29, 1.82) is 0 Å². The van der Waals surface area contributed by atoms with Gasteiger partial charge in [-0.3, -0.25) is 10.1 Å². The second kappa shape index (κ2) is 13.1. The van der Waals surface area contributed by atoms with E-state index >= 15 is 0 Å². The monoisotopic (exact) mass is 626 g/mol. The second-order valence-electron chi connectivity index (χ2n) is 11.6. The smallest absolute Gasteiger partial charge is 0.412 e. The van der Waals surface area contributed by atoms with E-state index in [4.69, 9.17) is 13.7 Å². The zero-order valence-electron chi connectivity index (χ0n) is 25.5. The van der Waals surface area contributed by atoms with E-state index in [-0.39, 0.29) is 35.0 Å². The maximum Gasteiger partial charge on any atom is 0.412 e. The van der Waals surface area contributed by atoms with Crippen molar-refractivity contribution in [3.63, 3.8) is 0 Å². The predicted molar refractivity (Wildman–Crippen MR) is 166 cm³/mol. The number of hydrogen-bond acceptors (Lipinski definition) is 8. The zero-order chi connectivity index (χ0) is 33.0. The van der Waals surface area contributed by atoms with E-state index in [9.17, 15) is 23.9 Å². The van der Waals surface area contributed by atoms with Gasteiger partial charge in [0, 0.05) is 28.8 Å². The first kappa shape index (κ1) is 31.6. The Bertz CT molecular complexity index is 1870. The van der Waals surface area contributed by atoms with E-state index in [2.05, 4.69) is 20.8 Å². The van der Waals surface area contributed by atoms with Crippen molar-refractivity contribution in [2.75, 3.05) is 5.32 Å². The van der Waals surface area contributed by atoms with Gasteiger partial charge in [0.1, 0.15) is 23.2 Å². The van der Waals surface area contributed by atoms with Crippen molar-refractivity contribution in [2.24, 2.45) is 0 Å². The number of halogens is 1. The van der Waals surface area contributed by atoms with Crippen LogP contribution in [-0.2, 0) is 16.0 Å². The first-order valence-corrected chi connectivity index (χ1v) is 14.3. The van der Waals surface area contributed by atoms with Gasteiger partial charge in [-0.15, -0.1) is 0 Å². The summed E-state index contributed by atoms with van der Waals surface area (Å²) < 4.78 is 31.0. The van der Waals surface area contributed by atoms with E-state index in [1.807, 2.05) is 31.2 Å². The number of carboxylic acids is 1. The van der Waals surface area contributed by atoms with Crippen LogP contribution in [0, 0.1) is 12.7 Å². The maximum absolute atomic E-state index is 14.7. The number of benzene rings is 3. The fraction of sp³-hybridized carbons (Fsp3) is 0.206. The summed E-state index contributed by atoms with van der Waals surface area (Å²) in [7, 11) is 0. The molecule has 0 fully saturated rings. The van der Waals surface area contributed by atoms with Crippen LogP contribution in [-0.4, -0.2) is 44.9 Å². The number of carbonyl (C=O) groups is 3. The highest BCUT2D eigenvalue weighted by Gasteiger charge is 2.24. The van der Waals surface area contributed by atoms with Crippen molar-refractivity contribution in [2.45, 2.75) is 45.8 Å². The van der Waals surface area contributed by atoms with Gasteiger partial charge in [-0.1, -0.05) is 35.0 Å². The molecule has 12 heteroatoms. The van der Waals surface area contributed by atoms with Crippen molar-refractivity contribution < 1.29 is 37.6 Å². The highest BCUT2D eigenvalue weighted by molar-refractivity contribution is 5.95. The molecule has 11 nitrogen and oxygen atoms in total. The molecule has 0 saturated heterocycles. The Labute approximate surface area is 263 Å². The molecule has 46 heavy (non-hydrogen) atoms. The van der Waals surface area contributed by atoms with E-state index in [0.717, 1.165) is 11.1 Å². The van der Waals surface area contributed by atoms with E-state index in [1.165, 1.54) is 24.3 Å². The van der Waals surface area contributed by atoms with Gasteiger partial charge in [-0.2, -0.15) is 4.98 Å². The minimum absolute atomic E-state index is 0.0604. The number of ether oxygens (including phenoxy) is 1. The first-order valence-electron chi connectivity index (χ1n) is 14.3. The number of aromatic nitrogens is 2. The zero-order valence-corrected chi connectivity index (χ0v) is 25.5. The first-order chi connectivity index (χ1) is 21.8. The molecule has 236 valence electrons. The summed E-state index contributed by atoms with van der Waals surface area (Å²) >= 11 is 0. The Morgan fingerprint density at radius 2 is 1.63 bits per heavy atom. The number of hydrogen-bond donors (Lipinski definition) is 3. The van der Waals surface area contributed by atoms with Crippen LogP contribution in [0.25, 0.3) is 34.2 Å². The Morgan fingerprint density at radius 3 is 2.30 bits per heavy atom. The Kier molecular flexibility index (Phi) is 8.99. The molecule has 3 N–H and O–H groups in total. The molecule has 3 aromatic carbocycles. The van der Waals surface area contributed by atoms with Gasteiger partial charge in [0.15, 0.2) is 5.76 Å². The molecular weight excluding hydrogens is 595 g/mol. The van der Waals surface area contributed by atoms with Crippen LogP contribution in [0.4, 0.5) is 14.9 Å². The summed E-state index contributed by atoms with van der Waals surface area (Å²) in [6.07, 6.45) is -0.825. The molecule has 0 aliphatic heterocycles. The molecule has 5 aromatic rings. The van der Waals surface area contributed by atoms with Gasteiger partial charge in [0.25, 0.3) is 11.8 Å². The highest BCUT2D eigenvalue weighted by atomic mass is 19.1. The summed E-state index contributed by atoms with van der Waals surface area (Å²) in [5, 5.41) is 18.9. The number of furan rings is 1. The summed E-state index contributed by atoms with van der Waals surface area (Å²) in [6.45, 7) is 7.24. The fourth-order valence-corrected chi connectivity index (χ4v) is 4.47. The number of amides is 2. The second-order valence-corrected chi connectivity index (χ2v) is 11.6. The quantitative estimate of drug-likeness (QED) is 0.159. The SMILES string of the molecule is Cc1ccc(-c2ccc(C(=O)NC(Cc3cc(F)cc(-c4noc(-c5ccc(NC(=O)OC(C)(C)C)cc5)n4)c3)C(=O)O)o2)cc1. The van der Waals surface area contributed by atoms with Crippen molar-refractivity contribution in [3.05, 3.63) is 102 Å². The summed E-state index contributed by atoms with van der Waals surface area (Å²) in [6, 6.07) is 19.7. The van der Waals surface area contributed by atoms with Crippen LogP contribution in [0.3, 0.4) is 0 Å². The van der Waals surface area contributed by atoms with Crippen molar-refractivity contribution >= 4 is 23.7 Å². The van der Waals surface area contributed by atoms with Gasteiger partial charge in [0.2, 0.25) is 5.82 Å². The number of aliphatic carboxylic acids is 1. The van der Waals surface area contributed by atoms with Crippen LogP contribution >= 0.6 is 0 Å². The van der Waals surface area contributed by atoms with Crippen LogP contribution in [0.15, 0.2) is 87.8 Å². The summed E-state index contributed by atoms with van der Waals surface area (Å²) in [4.78, 5) is 41.3. The predicted octanol–water partition coefficient (Wildman–Crippen LogP) is 6.88. The van der Waals surface area contributed by atoms with Gasteiger partial charge in [-0.05, 0) is 87.9 Å². The van der Waals surface area contributed by atoms with Gasteiger partial charge >= 0.3 is 12.1 Å². The largest absolute Gasteiger partial charge is 0.480 e. The van der Waals surface area contributed by atoms with Crippen LogP contribution in [0.1, 0.15) is 42.5 Å². The van der Waals surface area contributed by atoms with E-state index < -0.39 is 35.4 Å². The Hall–Kier alpha value is -5.78. The van der Waals surface area contributed by atoms with Gasteiger partial charge < -0.3 is 24.1 Å². The topological polar surface area (TPSA) is 157 Å². The lowest BCUT2D eigenvalue weighted by atomic mass is 10.0. The number of rotatable bonds is 9. The van der Waals surface area contributed by atoms with Gasteiger partial charge in [-0.25, -0.2) is 14.0 Å². The molecule has 0 aliphatic carbocycles. The number of aryl methyl sites for hydroxylation is 1. The highest BCUT2D eigenvalue weighted by Crippen LogP contribution is 2.26. The number of carboxylic acid groups (broad SMARTS) is 1. The summed E-state index contributed by atoms with van der Waals surface area (Å²) in [5.74, 6) is -2.07. The number of nitrogens with one attached hydrogen (secondary N) is 2. The average Bonchev–Trinajstić information content (AvgIpc) is 3.67. The Balaban J connectivity index is 1.27. The minimum atomic E-state index is -1.39. The molecule has 0 aliphatic rings. The average molecular weight is 627 g/mol. The summed E-state index contributed by atoms with van der Waals surface area (Å²) in [5.41, 5.74) is 2.76. The number of anilines is 1. The third-order valence-corrected chi connectivity index (χ3v) is 6.63. The molecular formula is C34H31FN4O7. The standard InChI is InChI=1S/C34H31FN4O7/c1-19-5-7-21(8-6-19)27-13-14-28(44-27)30(40)37-26(32(41)42)17-20-15-23(18-24(35)16-20)29-38-31(46-39-29)22-9-11-25(12-10-22)36-33(43)45-34(2,3)4/h5-16,18,26H,17H2,1-4H3,(H,36,43)(H,37,40)(H,41,42). The molecule has 0 saturated carbocycles. The molecule has 1 atom stereocenters. The van der Waals surface area contributed by atoms with Crippen molar-refractivity contribution in [1.82, 2.24) is 15.5 Å². The lowest BCUT2D eigenvalue weighted by Crippen LogP contribution is -2.42. The third kappa shape index (κ3) is 8.03. The number of carbonyl (C=O) groups excluding carboxylic acids is 2. The van der Waals surface area contributed by atoms with Crippen LogP contribution < -0.4 is 10.6 Å². The molecule has 1 unspecified atom stereocenters. The lowest BCUT2D eigenvalue weighted by Gasteiger charge is -2.19. The lowest BCUT2D eigenvalue weighted by molar-refractivity contribution is -0.139. The molecule has 5 rings (SSSR count). The third-order valence-electron chi connectivity index (χ3n) is 6.63. The van der Waals surface area contributed by atoms with Crippen LogP contribution in [0.5, 0.6) is 0 Å². The van der Waals surface area contributed by atoms with E-state index in [1.54, 1.807) is 51.1 Å². The minimum Gasteiger partial charge on any atom is -0.480 e. The normalized spacial score (nSPS) is 11.9. The molecule has 2 aromatic heterocycles. The Morgan fingerprint density at radius 1 is 0.935 bits per heavy atom. The number of nitrogens with zero attached hydrogens (tertiary/aromatic N) is 2. The fourth-order valence-electron chi connectivity index (χ4n) is 4.47. The molecule has 0 bridgehead atoms. The van der Waals surface area contributed by atoms with Crippen LogP contribution in [0.2, 0.25) is 0 Å².